The van der Waals surface area contributed by atoms with Crippen molar-refractivity contribution in [2.24, 2.45) is 5.84 Å². The van der Waals surface area contributed by atoms with Crippen molar-refractivity contribution in [3.63, 3.8) is 0 Å². The molecule has 0 amide bonds. The third-order valence-electron chi connectivity index (χ3n) is 2.41. The molecule has 1 aromatic rings. The molecule has 96 valence electrons. The fraction of sp³-hybridized carbons (Fsp3) is 0.583. The van der Waals surface area contributed by atoms with E-state index in [4.69, 9.17) is 15.3 Å². The predicted molar refractivity (Wildman–Crippen MR) is 66.1 cm³/mol. The number of nitrogens with zero attached hydrogens (tertiary/aromatic N) is 1. The first-order valence-electron chi connectivity index (χ1n) is 5.90. The molecular weight excluding hydrogens is 218 g/mol. The molecule has 0 aliphatic rings. The summed E-state index contributed by atoms with van der Waals surface area (Å²) >= 11 is 0. The summed E-state index contributed by atoms with van der Waals surface area (Å²) < 4.78 is 11.1. The van der Waals surface area contributed by atoms with E-state index < -0.39 is 0 Å². The van der Waals surface area contributed by atoms with E-state index >= 15 is 0 Å². The van der Waals surface area contributed by atoms with Gasteiger partial charge in [-0.3, -0.25) is 16.3 Å². The molecule has 0 bridgehead atoms. The standard InChI is InChI=1S/C12H21N3O2/c1-3-16-12(17-4-2)11(15-13)9-10-5-7-14-8-6-10/h5-8,11-12,15H,3-4,9,13H2,1-2H3. The summed E-state index contributed by atoms with van der Waals surface area (Å²) in [6.45, 7) is 5.07. The highest BCUT2D eigenvalue weighted by molar-refractivity contribution is 5.11. The minimum absolute atomic E-state index is 0.0719. The van der Waals surface area contributed by atoms with Gasteiger partial charge in [-0.25, -0.2) is 0 Å². The second kappa shape index (κ2) is 8.14. The average Bonchev–Trinajstić information content (AvgIpc) is 2.37. The first-order valence-corrected chi connectivity index (χ1v) is 5.90. The number of pyridine rings is 1. The van der Waals surface area contributed by atoms with Gasteiger partial charge in [-0.2, -0.15) is 0 Å². The van der Waals surface area contributed by atoms with Gasteiger partial charge in [-0.05, 0) is 38.0 Å². The number of hydrogen-bond acceptors (Lipinski definition) is 5. The fourth-order valence-corrected chi connectivity index (χ4v) is 1.62. The van der Waals surface area contributed by atoms with Crippen LogP contribution >= 0.6 is 0 Å². The summed E-state index contributed by atoms with van der Waals surface area (Å²) in [4.78, 5) is 3.98. The zero-order chi connectivity index (χ0) is 12.5. The highest BCUT2D eigenvalue weighted by atomic mass is 16.7. The first kappa shape index (κ1) is 14.1. The van der Waals surface area contributed by atoms with Crippen molar-refractivity contribution >= 4 is 0 Å². The topological polar surface area (TPSA) is 69.4 Å². The molecule has 0 aliphatic heterocycles. The second-order valence-electron chi connectivity index (χ2n) is 3.61. The van der Waals surface area contributed by atoms with Crippen LogP contribution in [0.3, 0.4) is 0 Å². The highest BCUT2D eigenvalue weighted by Crippen LogP contribution is 2.08. The van der Waals surface area contributed by atoms with Crippen molar-refractivity contribution in [3.8, 4) is 0 Å². The van der Waals surface area contributed by atoms with Crippen LogP contribution in [0.15, 0.2) is 24.5 Å². The average molecular weight is 239 g/mol. The Bertz CT molecular complexity index is 289. The maximum atomic E-state index is 5.56. The van der Waals surface area contributed by atoms with Crippen LogP contribution in [-0.4, -0.2) is 30.5 Å². The molecule has 0 spiro atoms. The van der Waals surface area contributed by atoms with Crippen LogP contribution in [0.4, 0.5) is 0 Å². The van der Waals surface area contributed by atoms with Gasteiger partial charge in [0, 0.05) is 25.6 Å². The molecule has 1 unspecified atom stereocenters. The zero-order valence-corrected chi connectivity index (χ0v) is 10.4. The summed E-state index contributed by atoms with van der Waals surface area (Å²) in [7, 11) is 0. The van der Waals surface area contributed by atoms with Gasteiger partial charge in [0.05, 0.1) is 6.04 Å². The molecule has 1 rings (SSSR count). The minimum atomic E-state index is -0.330. The molecule has 0 saturated heterocycles. The van der Waals surface area contributed by atoms with Crippen LogP contribution in [0.2, 0.25) is 0 Å². The maximum absolute atomic E-state index is 5.56. The first-order chi connectivity index (χ1) is 8.31. The Balaban J connectivity index is 2.61. The Morgan fingerprint density at radius 3 is 2.29 bits per heavy atom. The van der Waals surface area contributed by atoms with Crippen molar-refractivity contribution in [3.05, 3.63) is 30.1 Å². The van der Waals surface area contributed by atoms with E-state index in [0.29, 0.717) is 13.2 Å². The van der Waals surface area contributed by atoms with Crippen molar-refractivity contribution in [2.45, 2.75) is 32.6 Å². The second-order valence-corrected chi connectivity index (χ2v) is 3.61. The Morgan fingerprint density at radius 1 is 1.24 bits per heavy atom. The van der Waals surface area contributed by atoms with Crippen LogP contribution in [0, 0.1) is 0 Å². The lowest BCUT2D eigenvalue weighted by molar-refractivity contribution is -0.153. The van der Waals surface area contributed by atoms with Crippen molar-refractivity contribution in [1.29, 1.82) is 0 Å². The molecule has 0 aromatic carbocycles. The van der Waals surface area contributed by atoms with Gasteiger partial charge in [0.15, 0.2) is 6.29 Å². The molecule has 0 fully saturated rings. The Hall–Kier alpha value is -1.01. The van der Waals surface area contributed by atoms with Gasteiger partial charge in [-0.15, -0.1) is 0 Å². The third kappa shape index (κ3) is 4.79. The lowest BCUT2D eigenvalue weighted by Gasteiger charge is -2.26. The molecule has 5 nitrogen and oxygen atoms in total. The molecule has 1 aromatic heterocycles. The van der Waals surface area contributed by atoms with E-state index in [1.54, 1.807) is 12.4 Å². The summed E-state index contributed by atoms with van der Waals surface area (Å²) in [5.41, 5.74) is 3.90. The number of hydrazine groups is 1. The van der Waals surface area contributed by atoms with Gasteiger partial charge < -0.3 is 9.47 Å². The molecule has 0 radical (unpaired) electrons. The number of hydrogen-bond donors (Lipinski definition) is 2. The molecule has 1 atom stereocenters. The SMILES string of the molecule is CCOC(OCC)C(Cc1ccncc1)NN. The summed E-state index contributed by atoms with van der Waals surface area (Å²) in [6.07, 6.45) is 3.94. The number of nitrogens with two attached hydrogens (primary N) is 1. The summed E-state index contributed by atoms with van der Waals surface area (Å²) in [6, 6.07) is 3.84. The highest BCUT2D eigenvalue weighted by Gasteiger charge is 2.21. The molecule has 1 heterocycles. The molecule has 5 heteroatoms. The van der Waals surface area contributed by atoms with Gasteiger partial charge in [0.2, 0.25) is 0 Å². The summed E-state index contributed by atoms with van der Waals surface area (Å²) in [5.74, 6) is 5.56. The van der Waals surface area contributed by atoms with Crippen LogP contribution in [0.5, 0.6) is 0 Å². The molecular formula is C12H21N3O2. The van der Waals surface area contributed by atoms with Crippen molar-refractivity contribution in [1.82, 2.24) is 10.4 Å². The third-order valence-corrected chi connectivity index (χ3v) is 2.41. The van der Waals surface area contributed by atoms with Gasteiger partial charge in [-0.1, -0.05) is 0 Å². The van der Waals surface area contributed by atoms with E-state index in [9.17, 15) is 0 Å². The molecule has 3 N–H and O–H groups in total. The molecule has 0 saturated carbocycles. The van der Waals surface area contributed by atoms with E-state index in [2.05, 4.69) is 10.4 Å². The van der Waals surface area contributed by atoms with Gasteiger partial charge >= 0.3 is 0 Å². The van der Waals surface area contributed by atoms with Crippen LogP contribution in [0.25, 0.3) is 0 Å². The summed E-state index contributed by atoms with van der Waals surface area (Å²) in [5, 5.41) is 0. The maximum Gasteiger partial charge on any atom is 0.174 e. The fourth-order valence-electron chi connectivity index (χ4n) is 1.62. The normalized spacial score (nSPS) is 12.9. The van der Waals surface area contributed by atoms with E-state index in [1.807, 2.05) is 26.0 Å². The number of rotatable bonds is 8. The monoisotopic (exact) mass is 239 g/mol. The Kier molecular flexibility index (Phi) is 6.73. The number of ether oxygens (including phenoxy) is 2. The number of nitrogens with one attached hydrogen (secondary N) is 1. The van der Waals surface area contributed by atoms with Crippen LogP contribution < -0.4 is 11.3 Å². The quantitative estimate of drug-likeness (QED) is 0.400. The lowest BCUT2D eigenvalue weighted by atomic mass is 10.1. The van der Waals surface area contributed by atoms with Crippen LogP contribution in [-0.2, 0) is 15.9 Å². The predicted octanol–water partition coefficient (Wildman–Crippen LogP) is 0.855. The van der Waals surface area contributed by atoms with Crippen molar-refractivity contribution < 1.29 is 9.47 Å². The Labute approximate surface area is 102 Å². The smallest absolute Gasteiger partial charge is 0.174 e. The Morgan fingerprint density at radius 2 is 1.82 bits per heavy atom. The van der Waals surface area contributed by atoms with E-state index in [-0.39, 0.29) is 12.3 Å². The van der Waals surface area contributed by atoms with Crippen molar-refractivity contribution in [2.75, 3.05) is 13.2 Å². The number of aromatic nitrogens is 1. The molecule has 0 aliphatic carbocycles. The largest absolute Gasteiger partial charge is 0.351 e. The zero-order valence-electron chi connectivity index (χ0n) is 10.4. The van der Waals surface area contributed by atoms with E-state index in [1.165, 1.54) is 0 Å². The van der Waals surface area contributed by atoms with Gasteiger partial charge in [0.25, 0.3) is 0 Å². The van der Waals surface area contributed by atoms with E-state index in [0.717, 1.165) is 12.0 Å². The van der Waals surface area contributed by atoms with Crippen LogP contribution in [0.1, 0.15) is 19.4 Å². The molecule has 17 heavy (non-hydrogen) atoms. The minimum Gasteiger partial charge on any atom is -0.351 e. The van der Waals surface area contributed by atoms with Gasteiger partial charge in [0.1, 0.15) is 0 Å². The lowest BCUT2D eigenvalue weighted by Crippen LogP contribution is -2.48.